The van der Waals surface area contributed by atoms with Crippen LogP contribution in [0.2, 0.25) is 10.0 Å². The van der Waals surface area contributed by atoms with Gasteiger partial charge < -0.3 is 20.2 Å². The highest BCUT2D eigenvalue weighted by molar-refractivity contribution is 6.39. The van der Waals surface area contributed by atoms with Gasteiger partial charge in [0.2, 0.25) is 5.95 Å². The SMILES string of the molecule is COn1c(=O)c(-c2c(Cl)cccc2Cl)cc2cnc(Nc3cccc(CN(C)CC[C@@H](C)O)c3)nc21. The number of aromatic nitrogens is 3. The summed E-state index contributed by atoms with van der Waals surface area (Å²) in [4.78, 5) is 29.7. The van der Waals surface area contributed by atoms with Crippen LogP contribution in [0.3, 0.4) is 0 Å². The number of fused-ring (bicyclic) bond motifs is 1. The predicted octanol–water partition coefficient (Wildman–Crippen LogP) is 4.77. The van der Waals surface area contributed by atoms with Crippen LogP contribution in [0.1, 0.15) is 18.9 Å². The van der Waals surface area contributed by atoms with E-state index in [2.05, 4.69) is 20.2 Å². The first-order valence-corrected chi connectivity index (χ1v) is 12.2. The Morgan fingerprint density at radius 3 is 2.58 bits per heavy atom. The molecule has 0 aliphatic rings. The molecule has 0 fully saturated rings. The number of nitrogens with zero attached hydrogens (tertiary/aromatic N) is 4. The predicted molar refractivity (Wildman–Crippen MR) is 144 cm³/mol. The van der Waals surface area contributed by atoms with Crippen molar-refractivity contribution >= 4 is 45.9 Å². The van der Waals surface area contributed by atoms with Gasteiger partial charge in [0, 0.05) is 35.9 Å². The van der Waals surface area contributed by atoms with Crippen LogP contribution >= 0.6 is 23.2 Å². The summed E-state index contributed by atoms with van der Waals surface area (Å²) in [5, 5.41) is 14.0. The molecule has 2 aromatic heterocycles. The van der Waals surface area contributed by atoms with E-state index < -0.39 is 5.56 Å². The number of aliphatic hydroxyl groups is 1. The maximum Gasteiger partial charge on any atom is 0.293 e. The minimum Gasteiger partial charge on any atom is -0.412 e. The van der Waals surface area contributed by atoms with Crippen LogP contribution in [-0.4, -0.2) is 51.5 Å². The first kappa shape index (κ1) is 25.9. The van der Waals surface area contributed by atoms with Crippen molar-refractivity contribution in [1.82, 2.24) is 19.6 Å². The molecule has 0 bridgehead atoms. The highest BCUT2D eigenvalue weighted by Crippen LogP contribution is 2.33. The fourth-order valence-electron chi connectivity index (χ4n) is 3.91. The van der Waals surface area contributed by atoms with E-state index in [1.165, 1.54) is 7.11 Å². The number of hydrogen-bond acceptors (Lipinski definition) is 7. The van der Waals surface area contributed by atoms with Gasteiger partial charge in [-0.3, -0.25) is 4.79 Å². The average Bonchev–Trinajstić information content (AvgIpc) is 2.83. The van der Waals surface area contributed by atoms with E-state index in [1.807, 2.05) is 31.3 Å². The molecule has 0 aliphatic heterocycles. The summed E-state index contributed by atoms with van der Waals surface area (Å²) < 4.78 is 1.10. The van der Waals surface area contributed by atoms with Crippen LogP contribution < -0.4 is 15.7 Å². The summed E-state index contributed by atoms with van der Waals surface area (Å²) in [6.07, 6.45) is 2.00. The van der Waals surface area contributed by atoms with E-state index in [4.69, 9.17) is 28.0 Å². The maximum atomic E-state index is 13.3. The van der Waals surface area contributed by atoms with Crippen LogP contribution in [0.5, 0.6) is 0 Å². The normalized spacial score (nSPS) is 12.2. The molecule has 0 saturated carbocycles. The van der Waals surface area contributed by atoms with Crippen molar-refractivity contribution < 1.29 is 9.94 Å². The number of nitrogens with one attached hydrogen (secondary N) is 1. The summed E-state index contributed by atoms with van der Waals surface area (Å²) >= 11 is 12.7. The van der Waals surface area contributed by atoms with Gasteiger partial charge in [0.05, 0.1) is 21.7 Å². The molecule has 2 aromatic carbocycles. The Morgan fingerprint density at radius 1 is 1.17 bits per heavy atom. The van der Waals surface area contributed by atoms with Crippen LogP contribution in [0.4, 0.5) is 11.6 Å². The Morgan fingerprint density at radius 2 is 1.89 bits per heavy atom. The molecular formula is C26H27Cl2N5O3. The number of hydrogen-bond donors (Lipinski definition) is 2. The monoisotopic (exact) mass is 527 g/mol. The van der Waals surface area contributed by atoms with E-state index in [0.29, 0.717) is 39.0 Å². The van der Waals surface area contributed by atoms with Gasteiger partial charge >= 0.3 is 0 Å². The number of aliphatic hydroxyl groups excluding tert-OH is 1. The van der Waals surface area contributed by atoms with Gasteiger partial charge in [-0.15, -0.1) is 4.73 Å². The average molecular weight is 528 g/mol. The topological polar surface area (TPSA) is 92.5 Å². The van der Waals surface area contributed by atoms with Gasteiger partial charge in [-0.05, 0) is 56.3 Å². The number of halogens is 2. The van der Waals surface area contributed by atoms with Crippen molar-refractivity contribution in [1.29, 1.82) is 0 Å². The van der Waals surface area contributed by atoms with Gasteiger partial charge in [0.15, 0.2) is 5.65 Å². The minimum absolute atomic E-state index is 0.289. The quantitative estimate of drug-likeness (QED) is 0.323. The summed E-state index contributed by atoms with van der Waals surface area (Å²) in [5.74, 6) is 0.316. The molecule has 1 atom stereocenters. The lowest BCUT2D eigenvalue weighted by Crippen LogP contribution is -2.27. The highest BCUT2D eigenvalue weighted by Gasteiger charge is 2.18. The molecule has 10 heteroatoms. The molecule has 2 heterocycles. The molecular weight excluding hydrogens is 501 g/mol. The third kappa shape index (κ3) is 5.79. The van der Waals surface area contributed by atoms with Crippen molar-refractivity contribution in [2.24, 2.45) is 0 Å². The van der Waals surface area contributed by atoms with Crippen LogP contribution in [0, 0.1) is 0 Å². The van der Waals surface area contributed by atoms with Crippen LogP contribution in [-0.2, 0) is 6.54 Å². The van der Waals surface area contributed by atoms with Crippen molar-refractivity contribution in [2.45, 2.75) is 26.0 Å². The zero-order chi connectivity index (χ0) is 25.8. The number of benzene rings is 2. The molecule has 8 nitrogen and oxygen atoms in total. The molecule has 0 radical (unpaired) electrons. The van der Waals surface area contributed by atoms with E-state index in [-0.39, 0.29) is 11.7 Å². The summed E-state index contributed by atoms with van der Waals surface area (Å²) in [6, 6.07) is 14.6. The number of anilines is 2. The molecule has 2 N–H and O–H groups in total. The standard InChI is InChI=1S/C26H27Cl2N5O3/c1-16(34)10-11-32(2)15-17-6-4-7-19(12-17)30-26-29-14-18-13-20(23-21(27)8-5-9-22(23)28)25(35)33(36-3)24(18)31-26/h4-9,12-14,16,34H,10-11,15H2,1-3H3,(H,29,30,31)/t16-/m1/s1. The molecule has 0 unspecified atom stereocenters. The van der Waals surface area contributed by atoms with Gasteiger partial charge in [-0.1, -0.05) is 41.4 Å². The molecule has 188 valence electrons. The van der Waals surface area contributed by atoms with Crippen LogP contribution in [0.15, 0.2) is 59.5 Å². The number of pyridine rings is 1. The fourth-order valence-corrected chi connectivity index (χ4v) is 4.51. The van der Waals surface area contributed by atoms with E-state index in [1.54, 1.807) is 37.4 Å². The highest BCUT2D eigenvalue weighted by atomic mass is 35.5. The van der Waals surface area contributed by atoms with Crippen molar-refractivity contribution in [2.75, 3.05) is 26.0 Å². The molecule has 0 amide bonds. The number of rotatable bonds is 9. The third-order valence-electron chi connectivity index (χ3n) is 5.68. The second-order valence-electron chi connectivity index (χ2n) is 8.61. The fraction of sp³-hybridized carbons (Fsp3) is 0.269. The zero-order valence-corrected chi connectivity index (χ0v) is 21.7. The van der Waals surface area contributed by atoms with Gasteiger partial charge in [0.25, 0.3) is 5.56 Å². The Labute approximate surface area is 219 Å². The van der Waals surface area contributed by atoms with Crippen molar-refractivity contribution in [3.05, 3.63) is 80.7 Å². The third-order valence-corrected chi connectivity index (χ3v) is 6.31. The van der Waals surface area contributed by atoms with Gasteiger partial charge in [-0.25, -0.2) is 4.98 Å². The second-order valence-corrected chi connectivity index (χ2v) is 9.42. The van der Waals surface area contributed by atoms with Gasteiger partial charge in [-0.2, -0.15) is 4.98 Å². The van der Waals surface area contributed by atoms with Gasteiger partial charge in [0.1, 0.15) is 7.11 Å². The Balaban J connectivity index is 1.64. The Hall–Kier alpha value is -3.17. The Kier molecular flexibility index (Phi) is 8.11. The lowest BCUT2D eigenvalue weighted by atomic mass is 10.1. The second kappa shape index (κ2) is 11.3. The minimum atomic E-state index is -0.438. The summed E-state index contributed by atoms with van der Waals surface area (Å²) in [6.45, 7) is 3.31. The lowest BCUT2D eigenvalue weighted by molar-refractivity contribution is 0.163. The summed E-state index contributed by atoms with van der Waals surface area (Å²) in [5.41, 5.74) is 2.49. The van der Waals surface area contributed by atoms with E-state index in [0.717, 1.165) is 29.1 Å². The molecule has 36 heavy (non-hydrogen) atoms. The van der Waals surface area contributed by atoms with Crippen molar-refractivity contribution in [3.63, 3.8) is 0 Å². The molecule has 0 saturated heterocycles. The molecule has 0 aliphatic carbocycles. The largest absolute Gasteiger partial charge is 0.412 e. The Bertz CT molecular complexity index is 1420. The van der Waals surface area contributed by atoms with Crippen LogP contribution in [0.25, 0.3) is 22.2 Å². The molecule has 4 aromatic rings. The summed E-state index contributed by atoms with van der Waals surface area (Å²) in [7, 11) is 3.41. The lowest BCUT2D eigenvalue weighted by Gasteiger charge is -2.18. The van der Waals surface area contributed by atoms with Crippen molar-refractivity contribution in [3.8, 4) is 11.1 Å². The van der Waals surface area contributed by atoms with E-state index in [9.17, 15) is 9.90 Å². The maximum absolute atomic E-state index is 13.3. The zero-order valence-electron chi connectivity index (χ0n) is 20.2. The first-order valence-electron chi connectivity index (χ1n) is 11.4. The molecule has 4 rings (SSSR count). The first-order chi connectivity index (χ1) is 17.3. The smallest absolute Gasteiger partial charge is 0.293 e. The van der Waals surface area contributed by atoms with E-state index >= 15 is 0 Å². The molecule has 0 spiro atoms.